The minimum Gasteiger partial charge on any atom is -0.456 e. The van der Waals surface area contributed by atoms with Gasteiger partial charge in [0.25, 0.3) is 0 Å². The highest BCUT2D eigenvalue weighted by Gasteiger charge is 2.19. The Hall–Kier alpha value is -6.06. The van der Waals surface area contributed by atoms with Crippen LogP contribution in [0, 0.1) is 0 Å². The van der Waals surface area contributed by atoms with Crippen LogP contribution in [-0.2, 0) is 0 Å². The average molecular weight is 584 g/mol. The van der Waals surface area contributed by atoms with E-state index in [9.17, 15) is 0 Å². The molecule has 10 aromatic rings. The van der Waals surface area contributed by atoms with Crippen molar-refractivity contribution >= 4 is 65.6 Å². The predicted molar refractivity (Wildman–Crippen MR) is 188 cm³/mol. The summed E-state index contributed by atoms with van der Waals surface area (Å²) >= 11 is 0. The van der Waals surface area contributed by atoms with Crippen LogP contribution in [0.1, 0.15) is 12.3 Å². The van der Waals surface area contributed by atoms with Crippen LogP contribution < -0.4 is 0 Å². The summed E-state index contributed by atoms with van der Waals surface area (Å²) in [6.07, 6.45) is 0. The Bertz CT molecular complexity index is 3260. The Balaban J connectivity index is 1.26. The highest BCUT2D eigenvalue weighted by atomic mass is 16.3. The minimum atomic E-state index is -0.442. The fourth-order valence-electron chi connectivity index (χ4n) is 6.84. The smallest absolute Gasteiger partial charge is 0.137 e. The van der Waals surface area contributed by atoms with Gasteiger partial charge in [-0.1, -0.05) is 96.9 Å². The largest absolute Gasteiger partial charge is 0.456 e. The van der Waals surface area contributed by atoms with E-state index in [1.165, 1.54) is 0 Å². The van der Waals surface area contributed by atoms with Crippen molar-refractivity contribution in [2.75, 3.05) is 0 Å². The van der Waals surface area contributed by atoms with Crippen molar-refractivity contribution in [1.82, 2.24) is 9.13 Å². The van der Waals surface area contributed by atoms with Gasteiger partial charge >= 0.3 is 0 Å². The molecular weight excluding hydrogens is 548 g/mol. The predicted octanol–water partition coefficient (Wildman–Crippen LogP) is 11.4. The van der Waals surface area contributed by atoms with Gasteiger partial charge in [0.15, 0.2) is 0 Å². The maximum absolute atomic E-state index is 8.94. The van der Waals surface area contributed by atoms with Crippen molar-refractivity contribution in [2.24, 2.45) is 0 Å². The van der Waals surface area contributed by atoms with Gasteiger partial charge in [0.2, 0.25) is 0 Å². The van der Waals surface area contributed by atoms with E-state index < -0.39 is 18.1 Å². The molecule has 3 heteroatoms. The topological polar surface area (TPSA) is 23.0 Å². The zero-order valence-electron chi connectivity index (χ0n) is 32.6. The van der Waals surface area contributed by atoms with Crippen LogP contribution in [0.25, 0.3) is 88.1 Å². The molecule has 10 rings (SSSR count). The van der Waals surface area contributed by atoms with Gasteiger partial charge in [-0.05, 0) is 71.8 Å². The van der Waals surface area contributed by atoms with Crippen LogP contribution in [-0.4, -0.2) is 9.13 Å². The van der Waals surface area contributed by atoms with Crippen LogP contribution in [0.3, 0.4) is 0 Å². The Labute approximate surface area is 271 Å². The third-order valence-corrected chi connectivity index (χ3v) is 8.72. The first-order valence-electron chi connectivity index (χ1n) is 19.1. The molecular formula is C42H26N2O. The van der Waals surface area contributed by atoms with Crippen molar-refractivity contribution in [3.05, 3.63) is 158 Å². The Kier molecular flexibility index (Phi) is 3.54. The molecule has 3 nitrogen and oxygen atoms in total. The van der Waals surface area contributed by atoms with E-state index in [4.69, 9.17) is 16.8 Å². The number of hydrogen-bond donors (Lipinski definition) is 0. The molecule has 210 valence electrons. The number of aromatic nitrogens is 2. The second-order valence-electron chi connectivity index (χ2n) is 11.1. The Morgan fingerprint density at radius 3 is 2.04 bits per heavy atom. The second-order valence-corrected chi connectivity index (χ2v) is 11.1. The summed E-state index contributed by atoms with van der Waals surface area (Å²) in [5.41, 5.74) is 6.40. The fourth-order valence-corrected chi connectivity index (χ4v) is 6.84. The van der Waals surface area contributed by atoms with E-state index in [1.54, 1.807) is 12.1 Å². The van der Waals surface area contributed by atoms with Crippen molar-refractivity contribution < 1.29 is 16.8 Å². The van der Waals surface area contributed by atoms with Gasteiger partial charge in [-0.15, -0.1) is 0 Å². The highest BCUT2D eigenvalue weighted by Crippen LogP contribution is 2.41. The van der Waals surface area contributed by atoms with Gasteiger partial charge in [-0.25, -0.2) is 0 Å². The summed E-state index contributed by atoms with van der Waals surface area (Å²) in [5.74, 6) is 0. The number of nitrogens with zero attached hydrogens (tertiary/aromatic N) is 2. The summed E-state index contributed by atoms with van der Waals surface area (Å²) in [5, 5.41) is 4.64. The van der Waals surface area contributed by atoms with Gasteiger partial charge in [0.1, 0.15) is 11.2 Å². The molecule has 0 spiro atoms. The highest BCUT2D eigenvalue weighted by molar-refractivity contribution is 6.16. The van der Waals surface area contributed by atoms with Crippen LogP contribution in [0.2, 0.25) is 0 Å². The van der Waals surface area contributed by atoms with Crippen LogP contribution in [0.15, 0.2) is 162 Å². The first-order chi connectivity index (χ1) is 26.1. The summed E-state index contributed by atoms with van der Waals surface area (Å²) in [6.45, 7) is 0. The van der Waals surface area contributed by atoms with Gasteiger partial charge < -0.3 is 13.6 Å². The minimum absolute atomic E-state index is 0.0752. The molecule has 0 saturated heterocycles. The van der Waals surface area contributed by atoms with Gasteiger partial charge in [0.05, 0.1) is 45.5 Å². The maximum atomic E-state index is 8.94. The molecule has 0 radical (unpaired) electrons. The third-order valence-electron chi connectivity index (χ3n) is 8.72. The maximum Gasteiger partial charge on any atom is 0.137 e. The van der Waals surface area contributed by atoms with E-state index in [0.29, 0.717) is 27.6 Å². The standard InChI is InChI=1S/C42H26N2O/c1-2-11-27(12-3-1)28-21-24-40-34(25-28)42-39(19-10-20-41(42)45-40)44-37-18-9-6-15-32(37)33-26-29(22-23-38(33)44)43-35-16-7-4-13-30(35)31-14-5-8-17-36(31)43/h1-26H/i1D,2D,3D,4D,7D,11D,12D,13D,16D. The molecule has 0 atom stereocenters. The molecule has 0 fully saturated rings. The molecule has 45 heavy (non-hydrogen) atoms. The lowest BCUT2D eigenvalue weighted by molar-refractivity contribution is 0.669. The molecule has 0 saturated carbocycles. The third kappa shape index (κ3) is 3.46. The summed E-state index contributed by atoms with van der Waals surface area (Å²) < 4.78 is 86.8. The molecule has 0 unspecified atom stereocenters. The van der Waals surface area contributed by atoms with E-state index in [2.05, 4.69) is 16.7 Å². The number of rotatable bonds is 3. The van der Waals surface area contributed by atoms with Crippen molar-refractivity contribution in [3.8, 4) is 22.5 Å². The lowest BCUT2D eigenvalue weighted by atomic mass is 10.0. The molecule has 0 aliphatic heterocycles. The van der Waals surface area contributed by atoms with Crippen LogP contribution >= 0.6 is 0 Å². The number of fused-ring (bicyclic) bond motifs is 9. The SMILES string of the molecule is [2H]c1c([2H])c([2H])c(-c2ccc3oc4cccc(-n5c6ccccc6c6cc(-n7c8ccccc8c8c([2H])c([2H])c([2H])c([2H])c87)ccc65)c4c3c2)c([2H])c1[2H]. The van der Waals surface area contributed by atoms with E-state index in [0.717, 1.165) is 54.9 Å². The summed E-state index contributed by atoms with van der Waals surface area (Å²) in [7, 11) is 0. The normalized spacial score (nSPS) is 14.8. The average Bonchev–Trinajstić information content (AvgIpc) is 3.85. The first-order valence-corrected chi connectivity index (χ1v) is 14.6. The Morgan fingerprint density at radius 2 is 1.18 bits per heavy atom. The lowest BCUT2D eigenvalue weighted by Gasteiger charge is -2.11. The Morgan fingerprint density at radius 1 is 0.444 bits per heavy atom. The van der Waals surface area contributed by atoms with E-state index in [-0.39, 0.29) is 41.8 Å². The van der Waals surface area contributed by atoms with E-state index in [1.807, 2.05) is 83.4 Å². The van der Waals surface area contributed by atoms with Crippen molar-refractivity contribution in [3.63, 3.8) is 0 Å². The number of benzene rings is 7. The second kappa shape index (κ2) is 9.22. The van der Waals surface area contributed by atoms with Gasteiger partial charge in [-0.2, -0.15) is 0 Å². The quantitative estimate of drug-likeness (QED) is 0.203. The van der Waals surface area contributed by atoms with Crippen molar-refractivity contribution in [1.29, 1.82) is 0 Å². The number of para-hydroxylation sites is 3. The number of furan rings is 1. The molecule has 3 aromatic heterocycles. The zero-order chi connectivity index (χ0) is 37.3. The molecule has 0 aliphatic rings. The molecule has 0 N–H and O–H groups in total. The molecule has 0 aliphatic carbocycles. The molecule has 0 bridgehead atoms. The van der Waals surface area contributed by atoms with Crippen LogP contribution in [0.4, 0.5) is 0 Å². The number of hydrogen-bond acceptors (Lipinski definition) is 1. The van der Waals surface area contributed by atoms with Crippen LogP contribution in [0.5, 0.6) is 0 Å². The van der Waals surface area contributed by atoms with Crippen molar-refractivity contribution in [2.45, 2.75) is 0 Å². The van der Waals surface area contributed by atoms with Gasteiger partial charge in [-0.3, -0.25) is 0 Å². The summed E-state index contributed by atoms with van der Waals surface area (Å²) in [6, 6.07) is 30.3. The molecule has 3 heterocycles. The first kappa shape index (κ1) is 17.3. The van der Waals surface area contributed by atoms with Gasteiger partial charge in [0, 0.05) is 32.6 Å². The monoisotopic (exact) mass is 583 g/mol. The fraction of sp³-hybridized carbons (Fsp3) is 0. The zero-order valence-corrected chi connectivity index (χ0v) is 23.6. The molecule has 0 amide bonds. The molecule has 7 aromatic carbocycles. The van der Waals surface area contributed by atoms with E-state index >= 15 is 0 Å². The summed E-state index contributed by atoms with van der Waals surface area (Å²) in [4.78, 5) is 0. The lowest BCUT2D eigenvalue weighted by Crippen LogP contribution is -1.96.